The average Bonchev–Trinajstić information content (AvgIpc) is 3.03. The van der Waals surface area contributed by atoms with Crippen LogP contribution in [0, 0.1) is 0 Å². The summed E-state index contributed by atoms with van der Waals surface area (Å²) in [5.41, 5.74) is 11.6. The number of hydrogen-bond acceptors (Lipinski definition) is 1. The summed E-state index contributed by atoms with van der Waals surface area (Å²) in [7, 11) is 0. The molecule has 6 aromatic carbocycles. The molecule has 186 valence electrons. The van der Waals surface area contributed by atoms with E-state index in [2.05, 4.69) is 169 Å². The maximum atomic E-state index is 3.94. The van der Waals surface area contributed by atoms with Gasteiger partial charge in [0.15, 0.2) is 0 Å². The summed E-state index contributed by atoms with van der Waals surface area (Å²) in [5, 5.41) is 0. The quantitative estimate of drug-likeness (QED) is 0.211. The maximum Gasteiger partial charge on any atom is 0.0473 e. The molecule has 0 fully saturated rings. The van der Waals surface area contributed by atoms with Gasteiger partial charge in [-0.15, -0.1) is 0 Å². The molecule has 0 aromatic heterocycles. The van der Waals surface area contributed by atoms with Crippen molar-refractivity contribution in [2.75, 3.05) is 4.90 Å². The summed E-state index contributed by atoms with van der Waals surface area (Å²) < 4.78 is 0. The molecule has 0 radical (unpaired) electrons. The second-order valence-corrected chi connectivity index (χ2v) is 9.54. The first-order valence-electron chi connectivity index (χ1n) is 13.2. The molecule has 0 unspecified atom stereocenters. The highest BCUT2D eigenvalue weighted by molar-refractivity contribution is 5.85. The minimum Gasteiger partial charge on any atom is -0.310 e. The molecule has 0 heterocycles. The number of rotatable bonds is 7. The minimum absolute atomic E-state index is 1.09. The van der Waals surface area contributed by atoms with Crippen LogP contribution < -0.4 is 4.90 Å². The van der Waals surface area contributed by atoms with Crippen molar-refractivity contribution in [3.8, 4) is 33.4 Å². The largest absolute Gasteiger partial charge is 0.310 e. The summed E-state index contributed by atoms with van der Waals surface area (Å²) in [4.78, 5) is 2.33. The molecule has 1 heteroatoms. The second kappa shape index (κ2) is 11.1. The lowest BCUT2D eigenvalue weighted by Gasteiger charge is -2.27. The highest BCUT2D eigenvalue weighted by atomic mass is 15.1. The fourth-order valence-corrected chi connectivity index (χ4v) is 4.98. The van der Waals surface area contributed by atoms with Gasteiger partial charge in [-0.3, -0.25) is 0 Å². The summed E-state index contributed by atoms with van der Waals surface area (Å²) >= 11 is 0. The smallest absolute Gasteiger partial charge is 0.0473 e. The van der Waals surface area contributed by atoms with E-state index in [1.807, 2.05) is 6.08 Å². The van der Waals surface area contributed by atoms with Crippen molar-refractivity contribution in [1.82, 2.24) is 0 Å². The zero-order valence-corrected chi connectivity index (χ0v) is 21.7. The van der Waals surface area contributed by atoms with Crippen LogP contribution in [0.15, 0.2) is 164 Å². The zero-order valence-electron chi connectivity index (χ0n) is 21.7. The third-order valence-corrected chi connectivity index (χ3v) is 7.01. The van der Waals surface area contributed by atoms with Crippen LogP contribution in [0.4, 0.5) is 17.1 Å². The lowest BCUT2D eigenvalue weighted by Crippen LogP contribution is -2.10. The molecule has 0 N–H and O–H groups in total. The van der Waals surface area contributed by atoms with E-state index in [0.717, 1.165) is 22.6 Å². The third kappa shape index (κ3) is 5.30. The fraction of sp³-hybridized carbons (Fsp3) is 0. The Labute approximate surface area is 231 Å². The van der Waals surface area contributed by atoms with E-state index >= 15 is 0 Å². The molecule has 0 bridgehead atoms. The molecule has 0 spiro atoms. The van der Waals surface area contributed by atoms with Crippen molar-refractivity contribution in [3.63, 3.8) is 0 Å². The molecule has 0 aliphatic carbocycles. The highest BCUT2D eigenvalue weighted by Gasteiger charge is 2.16. The van der Waals surface area contributed by atoms with E-state index in [9.17, 15) is 0 Å². The van der Waals surface area contributed by atoms with E-state index in [1.165, 1.54) is 33.4 Å². The van der Waals surface area contributed by atoms with Crippen LogP contribution >= 0.6 is 0 Å². The van der Waals surface area contributed by atoms with E-state index in [4.69, 9.17) is 0 Å². The Morgan fingerprint density at radius 3 is 1.18 bits per heavy atom. The third-order valence-electron chi connectivity index (χ3n) is 7.01. The number of hydrogen-bond donors (Lipinski definition) is 0. The topological polar surface area (TPSA) is 3.24 Å². The normalized spacial score (nSPS) is 10.7. The van der Waals surface area contributed by atoms with E-state index < -0.39 is 0 Å². The SMILES string of the molecule is C=Cc1ccc(N(c2ccc(-c3ccccc3)cc2)c2cc(-c3ccccc3)cc(-c3ccccc3)c2)cc1. The Balaban J connectivity index is 1.53. The molecule has 6 rings (SSSR count). The van der Waals surface area contributed by atoms with Gasteiger partial charge in [0.25, 0.3) is 0 Å². The molecule has 0 aliphatic heterocycles. The molecule has 0 saturated carbocycles. The molecule has 0 saturated heterocycles. The number of anilines is 3. The van der Waals surface area contributed by atoms with Gasteiger partial charge in [0.05, 0.1) is 0 Å². The van der Waals surface area contributed by atoms with Gasteiger partial charge < -0.3 is 4.90 Å². The van der Waals surface area contributed by atoms with Gasteiger partial charge in [0.1, 0.15) is 0 Å². The molecule has 39 heavy (non-hydrogen) atoms. The van der Waals surface area contributed by atoms with Crippen LogP contribution in [0.5, 0.6) is 0 Å². The Morgan fingerprint density at radius 2 is 0.744 bits per heavy atom. The predicted molar refractivity (Wildman–Crippen MR) is 168 cm³/mol. The van der Waals surface area contributed by atoms with Gasteiger partial charge in [0, 0.05) is 17.1 Å². The van der Waals surface area contributed by atoms with E-state index in [-0.39, 0.29) is 0 Å². The van der Waals surface area contributed by atoms with Gasteiger partial charge in [-0.25, -0.2) is 0 Å². The zero-order chi connectivity index (χ0) is 26.4. The molecular weight excluding hydrogens is 470 g/mol. The highest BCUT2D eigenvalue weighted by Crippen LogP contribution is 2.40. The van der Waals surface area contributed by atoms with Crippen molar-refractivity contribution in [2.45, 2.75) is 0 Å². The average molecular weight is 500 g/mol. The van der Waals surface area contributed by atoms with Crippen LogP contribution in [0.3, 0.4) is 0 Å². The second-order valence-electron chi connectivity index (χ2n) is 9.54. The van der Waals surface area contributed by atoms with Gasteiger partial charge in [0.2, 0.25) is 0 Å². The first-order chi connectivity index (χ1) is 19.3. The summed E-state index contributed by atoms with van der Waals surface area (Å²) in [6.45, 7) is 3.94. The van der Waals surface area contributed by atoms with Gasteiger partial charge in [-0.05, 0) is 81.4 Å². The van der Waals surface area contributed by atoms with Crippen LogP contribution in [-0.4, -0.2) is 0 Å². The minimum atomic E-state index is 1.09. The van der Waals surface area contributed by atoms with E-state index in [1.54, 1.807) is 0 Å². The molecule has 0 atom stereocenters. The van der Waals surface area contributed by atoms with Crippen molar-refractivity contribution in [2.24, 2.45) is 0 Å². The Morgan fingerprint density at radius 1 is 0.359 bits per heavy atom. The first-order valence-corrected chi connectivity index (χ1v) is 13.2. The standard InChI is InChI=1S/C38H29N/c1-2-29-18-22-36(23-19-29)39(37-24-20-33(21-25-37)30-12-6-3-7-13-30)38-27-34(31-14-8-4-9-15-31)26-35(28-38)32-16-10-5-11-17-32/h2-28H,1H2. The fourth-order valence-electron chi connectivity index (χ4n) is 4.98. The van der Waals surface area contributed by atoms with Crippen molar-refractivity contribution in [1.29, 1.82) is 0 Å². The van der Waals surface area contributed by atoms with Gasteiger partial charge in [-0.2, -0.15) is 0 Å². The summed E-state index contributed by atoms with van der Waals surface area (Å²) in [6, 6.07) is 56.0. The Bertz CT molecular complexity index is 1610. The van der Waals surface area contributed by atoms with Crippen LogP contribution in [-0.2, 0) is 0 Å². The molecule has 1 nitrogen and oxygen atoms in total. The summed E-state index contributed by atoms with van der Waals surface area (Å²) in [5.74, 6) is 0. The van der Waals surface area contributed by atoms with Crippen LogP contribution in [0.2, 0.25) is 0 Å². The monoisotopic (exact) mass is 499 g/mol. The van der Waals surface area contributed by atoms with Gasteiger partial charge >= 0.3 is 0 Å². The van der Waals surface area contributed by atoms with Crippen molar-refractivity contribution >= 4 is 23.1 Å². The number of nitrogens with zero attached hydrogens (tertiary/aromatic N) is 1. The molecule has 6 aromatic rings. The number of benzene rings is 6. The van der Waals surface area contributed by atoms with Crippen molar-refractivity contribution < 1.29 is 0 Å². The summed E-state index contributed by atoms with van der Waals surface area (Å²) in [6.07, 6.45) is 1.88. The lowest BCUT2D eigenvalue weighted by atomic mass is 9.97. The van der Waals surface area contributed by atoms with Crippen LogP contribution in [0.25, 0.3) is 39.5 Å². The van der Waals surface area contributed by atoms with E-state index in [0.29, 0.717) is 0 Å². The molecule has 0 aliphatic rings. The molecular formula is C38H29N. The Kier molecular flexibility index (Phi) is 6.88. The van der Waals surface area contributed by atoms with Gasteiger partial charge in [-0.1, -0.05) is 128 Å². The van der Waals surface area contributed by atoms with Crippen molar-refractivity contribution in [3.05, 3.63) is 170 Å². The predicted octanol–water partition coefficient (Wildman–Crippen LogP) is 10.8. The Hall–Kier alpha value is -5.14. The molecule has 0 amide bonds. The van der Waals surface area contributed by atoms with Crippen LogP contribution in [0.1, 0.15) is 5.56 Å². The lowest BCUT2D eigenvalue weighted by molar-refractivity contribution is 1.28. The maximum absolute atomic E-state index is 3.94. The first kappa shape index (κ1) is 24.2.